The molecule has 0 atom stereocenters. The number of rotatable bonds is 5. The Morgan fingerprint density at radius 3 is 1.64 bits per heavy atom. The zero-order valence-electron chi connectivity index (χ0n) is 22.1. The van der Waals surface area contributed by atoms with E-state index < -0.39 is 0 Å². The van der Waals surface area contributed by atoms with Crippen LogP contribution in [0.3, 0.4) is 0 Å². The van der Waals surface area contributed by atoms with Crippen molar-refractivity contribution in [2.75, 3.05) is 0 Å². The van der Waals surface area contributed by atoms with Gasteiger partial charge in [0.2, 0.25) is 6.71 Å². The zero-order chi connectivity index (χ0) is 25.4. The van der Waals surface area contributed by atoms with Crippen molar-refractivity contribution in [1.29, 1.82) is 0 Å². The molecule has 0 saturated carbocycles. The van der Waals surface area contributed by atoms with Crippen LogP contribution in [0.15, 0.2) is 91.3 Å². The first kappa shape index (κ1) is 23.9. The monoisotopic (exact) mass is 468 g/mol. The van der Waals surface area contributed by atoms with Crippen molar-refractivity contribution in [1.82, 2.24) is 9.78 Å². The Labute approximate surface area is 215 Å². The lowest BCUT2D eigenvalue weighted by Crippen LogP contribution is -2.55. The molecule has 1 heterocycles. The van der Waals surface area contributed by atoms with E-state index in [1.54, 1.807) is 0 Å². The summed E-state index contributed by atoms with van der Waals surface area (Å²) in [7, 11) is 0. The normalized spacial score (nSPS) is 11.1. The van der Waals surface area contributed by atoms with E-state index >= 15 is 0 Å². The minimum absolute atomic E-state index is 0.190. The van der Waals surface area contributed by atoms with Crippen LogP contribution in [0.4, 0.5) is 0 Å². The van der Waals surface area contributed by atoms with Crippen molar-refractivity contribution in [3.05, 3.63) is 125 Å². The number of hydrogen-bond donors (Lipinski definition) is 0. The maximum Gasteiger partial charge on any atom is 0.242 e. The van der Waals surface area contributed by atoms with Gasteiger partial charge in [-0.1, -0.05) is 110 Å². The third-order valence-corrected chi connectivity index (χ3v) is 7.25. The topological polar surface area (TPSA) is 17.8 Å². The first-order valence-electron chi connectivity index (χ1n) is 12.7. The molecule has 0 aliphatic heterocycles. The summed E-state index contributed by atoms with van der Waals surface area (Å²) < 4.78 is 1.90. The quantitative estimate of drug-likeness (QED) is 0.294. The largest absolute Gasteiger partial charge is 0.242 e. The van der Waals surface area contributed by atoms with Crippen LogP contribution in [0.5, 0.6) is 0 Å². The fourth-order valence-electron chi connectivity index (χ4n) is 5.89. The molecular weight excluding hydrogens is 435 g/mol. The SMILES string of the molecule is Cc1cc(C)c(B(c2ccc(-c3cccc(-n4cccn4)c3)cc2)c2c(C)cc(C)cc2C)c(C)c1. The lowest BCUT2D eigenvalue weighted by molar-refractivity contribution is 0.881. The fraction of sp³-hybridized carbons (Fsp3) is 0.182. The second-order valence-electron chi connectivity index (χ2n) is 10.2. The molecule has 36 heavy (non-hydrogen) atoms. The van der Waals surface area contributed by atoms with E-state index in [-0.39, 0.29) is 6.71 Å². The Bertz CT molecular complexity index is 1430. The van der Waals surface area contributed by atoms with Crippen molar-refractivity contribution < 1.29 is 0 Å². The molecule has 178 valence electrons. The van der Waals surface area contributed by atoms with E-state index in [2.05, 4.69) is 119 Å². The molecule has 0 bridgehead atoms. The van der Waals surface area contributed by atoms with Gasteiger partial charge in [-0.05, 0) is 70.9 Å². The van der Waals surface area contributed by atoms with Crippen LogP contribution in [0.1, 0.15) is 33.4 Å². The summed E-state index contributed by atoms with van der Waals surface area (Å²) in [5.41, 5.74) is 15.7. The average molecular weight is 468 g/mol. The Kier molecular flexibility index (Phi) is 6.41. The van der Waals surface area contributed by atoms with Crippen molar-refractivity contribution in [3.63, 3.8) is 0 Å². The fourth-order valence-corrected chi connectivity index (χ4v) is 5.89. The van der Waals surface area contributed by atoms with Gasteiger partial charge in [-0.2, -0.15) is 5.10 Å². The van der Waals surface area contributed by atoms with Gasteiger partial charge >= 0.3 is 0 Å². The molecule has 3 heteroatoms. The number of benzene rings is 4. The summed E-state index contributed by atoms with van der Waals surface area (Å²) in [6, 6.07) is 29.0. The maximum atomic E-state index is 4.39. The second-order valence-corrected chi connectivity index (χ2v) is 10.2. The average Bonchev–Trinajstić information content (AvgIpc) is 3.37. The van der Waals surface area contributed by atoms with Gasteiger partial charge in [-0.15, -0.1) is 0 Å². The summed E-state index contributed by atoms with van der Waals surface area (Å²) in [5.74, 6) is 0. The first-order chi connectivity index (χ1) is 17.3. The van der Waals surface area contributed by atoms with E-state index in [1.165, 1.54) is 60.9 Å². The molecular formula is C33H33BN2. The van der Waals surface area contributed by atoms with E-state index in [0.29, 0.717) is 0 Å². The van der Waals surface area contributed by atoms with Crippen LogP contribution in [-0.2, 0) is 0 Å². The Hall–Kier alpha value is -3.85. The Balaban J connectivity index is 1.63. The minimum Gasteiger partial charge on any atom is -0.241 e. The number of nitrogens with zero attached hydrogens (tertiary/aromatic N) is 2. The van der Waals surface area contributed by atoms with Gasteiger partial charge in [0.1, 0.15) is 0 Å². The van der Waals surface area contributed by atoms with Crippen LogP contribution in [-0.4, -0.2) is 16.5 Å². The molecule has 5 aromatic rings. The molecule has 0 N–H and O–H groups in total. The summed E-state index contributed by atoms with van der Waals surface area (Å²) >= 11 is 0. The lowest BCUT2D eigenvalue weighted by atomic mass is 9.34. The molecule has 0 amide bonds. The molecule has 4 aromatic carbocycles. The van der Waals surface area contributed by atoms with Gasteiger partial charge in [0, 0.05) is 12.4 Å². The van der Waals surface area contributed by atoms with Gasteiger partial charge in [0.15, 0.2) is 0 Å². The van der Waals surface area contributed by atoms with Crippen molar-refractivity contribution >= 4 is 23.1 Å². The molecule has 0 aliphatic rings. The van der Waals surface area contributed by atoms with Gasteiger partial charge in [0.25, 0.3) is 0 Å². The summed E-state index contributed by atoms with van der Waals surface area (Å²) in [6.45, 7) is 13.6. The molecule has 5 rings (SSSR count). The number of aryl methyl sites for hydroxylation is 6. The van der Waals surface area contributed by atoms with E-state index in [4.69, 9.17) is 0 Å². The summed E-state index contributed by atoms with van der Waals surface area (Å²) in [4.78, 5) is 0. The molecule has 0 spiro atoms. The number of hydrogen-bond acceptors (Lipinski definition) is 1. The molecule has 1 aromatic heterocycles. The minimum atomic E-state index is 0.190. The molecule has 0 radical (unpaired) electrons. The Morgan fingerprint density at radius 2 is 1.14 bits per heavy atom. The van der Waals surface area contributed by atoms with E-state index in [9.17, 15) is 0 Å². The van der Waals surface area contributed by atoms with Crippen LogP contribution >= 0.6 is 0 Å². The van der Waals surface area contributed by atoms with Crippen molar-refractivity contribution in [2.45, 2.75) is 41.5 Å². The number of aromatic nitrogens is 2. The van der Waals surface area contributed by atoms with Crippen molar-refractivity contribution in [2.24, 2.45) is 0 Å². The molecule has 0 unspecified atom stereocenters. The van der Waals surface area contributed by atoms with Crippen LogP contribution in [0.2, 0.25) is 0 Å². The van der Waals surface area contributed by atoms with Gasteiger partial charge in [-0.3, -0.25) is 0 Å². The third-order valence-electron chi connectivity index (χ3n) is 7.25. The predicted octanol–water partition coefficient (Wildman–Crippen LogP) is 5.91. The highest BCUT2D eigenvalue weighted by atomic mass is 15.3. The van der Waals surface area contributed by atoms with Gasteiger partial charge < -0.3 is 0 Å². The highest BCUT2D eigenvalue weighted by Crippen LogP contribution is 2.22. The standard InChI is InChI=1S/C33H33BN2/c1-22-17-24(3)32(25(4)18-22)34(33-26(5)19-23(2)20-27(33)6)30-13-11-28(12-14-30)29-9-7-10-31(21-29)36-16-8-15-35-36/h7-21H,1-6H3. The first-order valence-corrected chi connectivity index (χ1v) is 12.7. The second kappa shape index (κ2) is 9.66. The van der Waals surface area contributed by atoms with Gasteiger partial charge in [-0.25, -0.2) is 4.68 Å². The summed E-state index contributed by atoms with van der Waals surface area (Å²) in [5, 5.41) is 4.39. The molecule has 2 nitrogen and oxygen atoms in total. The van der Waals surface area contributed by atoms with Crippen molar-refractivity contribution in [3.8, 4) is 16.8 Å². The van der Waals surface area contributed by atoms with E-state index in [0.717, 1.165) is 5.69 Å². The highest BCUT2D eigenvalue weighted by Gasteiger charge is 2.28. The molecule has 0 aliphatic carbocycles. The Morgan fingerprint density at radius 1 is 0.583 bits per heavy atom. The summed E-state index contributed by atoms with van der Waals surface area (Å²) in [6.07, 6.45) is 3.79. The van der Waals surface area contributed by atoms with E-state index in [1.807, 2.05) is 23.1 Å². The third kappa shape index (κ3) is 4.54. The maximum absolute atomic E-state index is 4.39. The molecule has 0 saturated heterocycles. The predicted molar refractivity (Wildman–Crippen MR) is 155 cm³/mol. The smallest absolute Gasteiger partial charge is 0.241 e. The van der Waals surface area contributed by atoms with Gasteiger partial charge in [0.05, 0.1) is 5.69 Å². The van der Waals surface area contributed by atoms with Crippen LogP contribution in [0, 0.1) is 41.5 Å². The van der Waals surface area contributed by atoms with Crippen LogP contribution < -0.4 is 16.4 Å². The molecule has 0 fully saturated rings. The lowest BCUT2D eigenvalue weighted by Gasteiger charge is -2.24. The zero-order valence-corrected chi connectivity index (χ0v) is 22.1. The van der Waals surface area contributed by atoms with Crippen LogP contribution in [0.25, 0.3) is 16.8 Å². The highest BCUT2D eigenvalue weighted by molar-refractivity contribution is 6.96.